The number of amides is 1. The Bertz CT molecular complexity index is 664. The lowest BCUT2D eigenvalue weighted by atomic mass is 10.1. The number of rotatable bonds is 8. The summed E-state index contributed by atoms with van der Waals surface area (Å²) in [5, 5.41) is 2.60. The van der Waals surface area contributed by atoms with E-state index < -0.39 is 0 Å². The SMILES string of the molecule is C=CN(C)c1cccc(N2CCN(C3CN(C)C3)CC2)c1C.CC.CC(C)CCNC=O. The number of hydrogen-bond acceptors (Lipinski definition) is 5. The predicted octanol–water partition coefficient (Wildman–Crippen LogP) is 3.82. The van der Waals surface area contributed by atoms with Crippen LogP contribution in [0.5, 0.6) is 0 Å². The average Bonchev–Trinajstić information content (AvgIpc) is 2.78. The topological polar surface area (TPSA) is 42.1 Å². The molecule has 0 aliphatic carbocycles. The van der Waals surface area contributed by atoms with Crippen LogP contribution in [0.15, 0.2) is 31.0 Å². The fourth-order valence-electron chi connectivity index (χ4n) is 4.09. The second-order valence-corrected chi connectivity index (χ2v) is 8.87. The fraction of sp³-hybridized carbons (Fsp3) is 0.654. The summed E-state index contributed by atoms with van der Waals surface area (Å²) in [5.41, 5.74) is 3.97. The van der Waals surface area contributed by atoms with Crippen molar-refractivity contribution in [3.8, 4) is 0 Å². The quantitative estimate of drug-likeness (QED) is 0.487. The van der Waals surface area contributed by atoms with E-state index in [0.29, 0.717) is 5.92 Å². The molecule has 0 bridgehead atoms. The first-order chi connectivity index (χ1) is 15.4. The fourth-order valence-corrected chi connectivity index (χ4v) is 4.09. The number of anilines is 2. The van der Waals surface area contributed by atoms with Crippen molar-refractivity contribution >= 4 is 17.8 Å². The number of nitrogens with zero attached hydrogens (tertiary/aromatic N) is 4. The van der Waals surface area contributed by atoms with Crippen molar-refractivity contribution in [2.75, 3.05) is 69.7 Å². The minimum atomic E-state index is 0.683. The smallest absolute Gasteiger partial charge is 0.207 e. The molecule has 3 rings (SSSR count). The van der Waals surface area contributed by atoms with Crippen molar-refractivity contribution in [2.45, 2.75) is 47.1 Å². The van der Waals surface area contributed by atoms with Gasteiger partial charge in [-0.1, -0.05) is 40.3 Å². The molecule has 32 heavy (non-hydrogen) atoms. The molecule has 0 aromatic heterocycles. The highest BCUT2D eigenvalue weighted by Crippen LogP contribution is 2.30. The van der Waals surface area contributed by atoms with Crippen LogP contribution >= 0.6 is 0 Å². The molecule has 2 fully saturated rings. The van der Waals surface area contributed by atoms with Crippen LogP contribution in [0.25, 0.3) is 0 Å². The van der Waals surface area contributed by atoms with E-state index in [1.807, 2.05) is 20.0 Å². The molecule has 0 saturated carbocycles. The van der Waals surface area contributed by atoms with Crippen molar-refractivity contribution in [2.24, 2.45) is 5.92 Å². The zero-order valence-electron chi connectivity index (χ0n) is 21.6. The Morgan fingerprint density at radius 2 is 1.81 bits per heavy atom. The van der Waals surface area contributed by atoms with Crippen molar-refractivity contribution in [3.63, 3.8) is 0 Å². The second-order valence-electron chi connectivity index (χ2n) is 8.87. The van der Waals surface area contributed by atoms with Crippen molar-refractivity contribution < 1.29 is 4.79 Å². The highest BCUT2D eigenvalue weighted by Gasteiger charge is 2.31. The maximum atomic E-state index is 9.68. The highest BCUT2D eigenvalue weighted by atomic mass is 16.1. The molecule has 0 unspecified atom stereocenters. The Kier molecular flexibility index (Phi) is 13.0. The third-order valence-corrected chi connectivity index (χ3v) is 6.10. The Hall–Kier alpha value is -2.05. The normalized spacial score (nSPS) is 16.8. The van der Waals surface area contributed by atoms with Crippen molar-refractivity contribution in [3.05, 3.63) is 36.5 Å². The summed E-state index contributed by atoms with van der Waals surface area (Å²) >= 11 is 0. The minimum absolute atomic E-state index is 0.683. The number of carbonyl (C=O) groups excluding carboxylic acids is 1. The van der Waals surface area contributed by atoms with E-state index in [-0.39, 0.29) is 0 Å². The number of carbonyl (C=O) groups is 1. The Morgan fingerprint density at radius 1 is 1.19 bits per heavy atom. The molecule has 1 aromatic rings. The van der Waals surface area contributed by atoms with E-state index in [1.165, 1.54) is 43.1 Å². The van der Waals surface area contributed by atoms with E-state index >= 15 is 0 Å². The van der Waals surface area contributed by atoms with Crippen LogP contribution in [0, 0.1) is 12.8 Å². The summed E-state index contributed by atoms with van der Waals surface area (Å²) in [4.78, 5) is 19.4. The molecule has 2 heterocycles. The molecule has 0 atom stereocenters. The molecule has 182 valence electrons. The van der Waals surface area contributed by atoms with Gasteiger partial charge in [-0.2, -0.15) is 0 Å². The lowest BCUT2D eigenvalue weighted by Crippen LogP contribution is -2.62. The molecule has 2 aliphatic rings. The number of hydrogen-bond donors (Lipinski definition) is 1. The van der Waals surface area contributed by atoms with Crippen LogP contribution in [0.1, 0.15) is 39.7 Å². The van der Waals surface area contributed by atoms with Gasteiger partial charge in [-0.3, -0.25) is 9.69 Å². The van der Waals surface area contributed by atoms with E-state index in [2.05, 4.69) is 84.6 Å². The summed E-state index contributed by atoms with van der Waals surface area (Å²) in [6.45, 7) is 22.2. The van der Waals surface area contributed by atoms with E-state index in [1.54, 1.807) is 0 Å². The number of piperazine rings is 1. The zero-order chi connectivity index (χ0) is 24.1. The largest absolute Gasteiger partial charge is 0.369 e. The average molecular weight is 446 g/mol. The maximum Gasteiger partial charge on any atom is 0.207 e. The first-order valence-corrected chi connectivity index (χ1v) is 12.2. The molecule has 0 radical (unpaired) electrons. The van der Waals surface area contributed by atoms with Gasteiger partial charge >= 0.3 is 0 Å². The summed E-state index contributed by atoms with van der Waals surface area (Å²) in [5.74, 6) is 0.683. The van der Waals surface area contributed by atoms with Gasteiger partial charge in [0.25, 0.3) is 0 Å². The standard InChI is InChI=1S/C18H28N4.C6H13NO.C2H6/c1-5-20(4)17-7-6-8-18(15(17)2)22-11-9-21(10-12-22)16-13-19(3)14-16;1-6(2)3-4-7-5-8;1-2/h5-8,16H,1,9-14H2,2-4H3;5-6H,3-4H2,1-2H3,(H,7,8);1-2H3. The molecular formula is C26H47N5O. The number of likely N-dealkylation sites (N-methyl/N-ethyl adjacent to an activating group) is 1. The molecule has 2 saturated heterocycles. The van der Waals surface area contributed by atoms with Crippen LogP contribution in [-0.2, 0) is 4.79 Å². The first kappa shape index (κ1) is 28.0. The number of nitrogens with one attached hydrogen (secondary N) is 1. The second kappa shape index (κ2) is 14.9. The van der Waals surface area contributed by atoms with Crippen LogP contribution in [0.3, 0.4) is 0 Å². The molecule has 1 N–H and O–H groups in total. The van der Waals surface area contributed by atoms with Gasteiger partial charge in [-0.05, 0) is 50.2 Å². The predicted molar refractivity (Wildman–Crippen MR) is 140 cm³/mol. The van der Waals surface area contributed by atoms with Gasteiger partial charge in [0.1, 0.15) is 0 Å². The Labute approximate surface area is 197 Å². The van der Waals surface area contributed by atoms with E-state index in [4.69, 9.17) is 0 Å². The summed E-state index contributed by atoms with van der Waals surface area (Å²) in [6.07, 6.45) is 3.68. The first-order valence-electron chi connectivity index (χ1n) is 12.2. The lowest BCUT2D eigenvalue weighted by molar-refractivity contribution is -0.109. The summed E-state index contributed by atoms with van der Waals surface area (Å²) in [7, 11) is 4.27. The minimum Gasteiger partial charge on any atom is -0.369 e. The monoisotopic (exact) mass is 445 g/mol. The van der Waals surface area contributed by atoms with Crippen LogP contribution < -0.4 is 15.1 Å². The third kappa shape index (κ3) is 8.47. The van der Waals surface area contributed by atoms with Crippen molar-refractivity contribution in [1.82, 2.24) is 15.1 Å². The van der Waals surface area contributed by atoms with E-state index in [9.17, 15) is 4.79 Å². The molecule has 1 amide bonds. The lowest BCUT2D eigenvalue weighted by Gasteiger charge is -2.47. The van der Waals surface area contributed by atoms with Crippen molar-refractivity contribution in [1.29, 1.82) is 0 Å². The van der Waals surface area contributed by atoms with E-state index in [0.717, 1.165) is 38.5 Å². The number of likely N-dealkylation sites (tertiary alicyclic amines) is 1. The van der Waals surface area contributed by atoms with Gasteiger partial charge in [-0.25, -0.2) is 0 Å². The van der Waals surface area contributed by atoms with Gasteiger partial charge in [-0.15, -0.1) is 0 Å². The number of benzene rings is 1. The Balaban J connectivity index is 0.000000436. The van der Waals surface area contributed by atoms with Crippen LogP contribution in [0.4, 0.5) is 11.4 Å². The molecule has 0 spiro atoms. The maximum absolute atomic E-state index is 9.68. The zero-order valence-corrected chi connectivity index (χ0v) is 21.6. The molecule has 6 nitrogen and oxygen atoms in total. The highest BCUT2D eigenvalue weighted by molar-refractivity contribution is 5.68. The third-order valence-electron chi connectivity index (χ3n) is 6.10. The van der Waals surface area contributed by atoms with Gasteiger partial charge in [0.15, 0.2) is 0 Å². The Morgan fingerprint density at radius 3 is 2.31 bits per heavy atom. The molecule has 2 aliphatic heterocycles. The van der Waals surface area contributed by atoms with Gasteiger partial charge < -0.3 is 20.0 Å². The van der Waals surface area contributed by atoms with Gasteiger partial charge in [0, 0.05) is 70.3 Å². The molecular weight excluding hydrogens is 398 g/mol. The molecule has 6 heteroatoms. The van der Waals surface area contributed by atoms with Crippen LogP contribution in [-0.4, -0.2) is 82.2 Å². The van der Waals surface area contributed by atoms with Gasteiger partial charge in [0.05, 0.1) is 0 Å². The summed E-state index contributed by atoms with van der Waals surface area (Å²) in [6, 6.07) is 7.36. The summed E-state index contributed by atoms with van der Waals surface area (Å²) < 4.78 is 0. The van der Waals surface area contributed by atoms with Gasteiger partial charge in [0.2, 0.25) is 6.41 Å². The van der Waals surface area contributed by atoms with Crippen LogP contribution in [0.2, 0.25) is 0 Å². The molecule has 1 aromatic carbocycles.